The van der Waals surface area contributed by atoms with Crippen LogP contribution in [0.3, 0.4) is 0 Å². The molecule has 1 aromatic rings. The van der Waals surface area contributed by atoms with Gasteiger partial charge in [0.2, 0.25) is 10.0 Å². The molecule has 88 valence electrons. The summed E-state index contributed by atoms with van der Waals surface area (Å²) in [6.07, 6.45) is 1.09. The van der Waals surface area contributed by atoms with Gasteiger partial charge in [-0.1, -0.05) is 12.1 Å². The number of carbonyl (C=O) groups is 1. The van der Waals surface area contributed by atoms with Crippen molar-refractivity contribution < 1.29 is 13.2 Å². The van der Waals surface area contributed by atoms with Gasteiger partial charge in [-0.2, -0.15) is 0 Å². The molecule has 0 spiro atoms. The van der Waals surface area contributed by atoms with Gasteiger partial charge in [-0.15, -0.1) is 0 Å². The predicted molar refractivity (Wildman–Crippen MR) is 59.8 cm³/mol. The van der Waals surface area contributed by atoms with E-state index in [9.17, 15) is 13.2 Å². The summed E-state index contributed by atoms with van der Waals surface area (Å²) >= 11 is 0. The summed E-state index contributed by atoms with van der Waals surface area (Å²) in [5, 5.41) is 0. The summed E-state index contributed by atoms with van der Waals surface area (Å²) in [4.78, 5) is 11.1. The fourth-order valence-electron chi connectivity index (χ4n) is 1.07. The quantitative estimate of drug-likeness (QED) is 0.371. The number of sulfonamides is 1. The Morgan fingerprint density at radius 3 is 2.31 bits per heavy atom. The predicted octanol–water partition coefficient (Wildman–Crippen LogP) is -0.661. The van der Waals surface area contributed by atoms with Gasteiger partial charge in [-0.25, -0.2) is 19.0 Å². The van der Waals surface area contributed by atoms with E-state index in [4.69, 9.17) is 5.84 Å². The minimum Gasteiger partial charge on any atom is -0.290 e. The molecule has 7 heteroatoms. The highest BCUT2D eigenvalue weighted by atomic mass is 32.2. The lowest BCUT2D eigenvalue weighted by Crippen LogP contribution is -2.29. The van der Waals surface area contributed by atoms with Gasteiger partial charge in [0.05, 0.1) is 6.26 Å². The molecule has 16 heavy (non-hydrogen) atoms. The molecule has 0 saturated carbocycles. The largest absolute Gasteiger partial charge is 0.290 e. The van der Waals surface area contributed by atoms with E-state index in [1.165, 1.54) is 0 Å². The number of benzene rings is 1. The average molecular weight is 243 g/mol. The third-order valence-electron chi connectivity index (χ3n) is 1.89. The lowest BCUT2D eigenvalue weighted by Gasteiger charge is -2.04. The van der Waals surface area contributed by atoms with Gasteiger partial charge in [0, 0.05) is 12.1 Å². The number of rotatable bonds is 4. The van der Waals surface area contributed by atoms with Crippen molar-refractivity contribution in [3.8, 4) is 0 Å². The maximum Gasteiger partial charge on any atom is 0.265 e. The van der Waals surface area contributed by atoms with E-state index in [-0.39, 0.29) is 12.5 Å². The van der Waals surface area contributed by atoms with Crippen LogP contribution in [0.2, 0.25) is 0 Å². The molecular weight excluding hydrogens is 230 g/mol. The fraction of sp³-hybridized carbons (Fsp3) is 0.222. The lowest BCUT2D eigenvalue weighted by molar-refractivity contribution is 0.0953. The molecule has 0 heterocycles. The first-order valence-electron chi connectivity index (χ1n) is 4.47. The number of nitrogen functional groups attached to an aromatic ring is 1. The molecule has 0 aliphatic heterocycles. The monoisotopic (exact) mass is 243 g/mol. The van der Waals surface area contributed by atoms with Crippen molar-refractivity contribution in [2.75, 3.05) is 6.26 Å². The van der Waals surface area contributed by atoms with E-state index in [1.807, 2.05) is 5.43 Å². The molecule has 0 aliphatic carbocycles. The van der Waals surface area contributed by atoms with E-state index in [2.05, 4.69) is 4.72 Å². The van der Waals surface area contributed by atoms with Crippen LogP contribution in [0.25, 0.3) is 0 Å². The first-order chi connectivity index (χ1) is 7.42. The number of hydrogen-bond acceptors (Lipinski definition) is 4. The van der Waals surface area contributed by atoms with Crippen molar-refractivity contribution in [2.24, 2.45) is 5.84 Å². The molecule has 0 aliphatic rings. The van der Waals surface area contributed by atoms with Gasteiger partial charge in [0.1, 0.15) is 0 Å². The summed E-state index contributed by atoms with van der Waals surface area (Å²) < 4.78 is 24.0. The molecule has 1 amide bonds. The van der Waals surface area contributed by atoms with Crippen LogP contribution in [-0.4, -0.2) is 20.6 Å². The van der Waals surface area contributed by atoms with Crippen LogP contribution in [0, 0.1) is 0 Å². The highest BCUT2D eigenvalue weighted by Crippen LogP contribution is 2.04. The smallest absolute Gasteiger partial charge is 0.265 e. The standard InChI is InChI=1S/C9H13N3O3S/c1-16(14,15)11-6-7-2-4-8(5-3-7)9(13)12-10/h2-5,11H,6,10H2,1H3,(H,12,13). The van der Waals surface area contributed by atoms with Crippen molar-refractivity contribution in [1.29, 1.82) is 0 Å². The molecule has 0 aromatic heterocycles. The first kappa shape index (κ1) is 12.6. The summed E-state index contributed by atoms with van der Waals surface area (Å²) in [5.41, 5.74) is 3.19. The van der Waals surface area contributed by atoms with E-state index in [0.717, 1.165) is 11.8 Å². The Morgan fingerprint density at radius 1 is 1.31 bits per heavy atom. The second-order valence-electron chi connectivity index (χ2n) is 3.26. The van der Waals surface area contributed by atoms with Crippen molar-refractivity contribution in [3.63, 3.8) is 0 Å². The number of nitrogens with two attached hydrogens (primary N) is 1. The van der Waals surface area contributed by atoms with Crippen LogP contribution in [0.5, 0.6) is 0 Å². The van der Waals surface area contributed by atoms with Gasteiger partial charge >= 0.3 is 0 Å². The van der Waals surface area contributed by atoms with Gasteiger partial charge in [0.15, 0.2) is 0 Å². The second-order valence-corrected chi connectivity index (χ2v) is 5.10. The van der Waals surface area contributed by atoms with Gasteiger partial charge < -0.3 is 0 Å². The fourth-order valence-corrected chi connectivity index (χ4v) is 1.50. The maximum absolute atomic E-state index is 11.1. The third-order valence-corrected chi connectivity index (χ3v) is 2.55. The third kappa shape index (κ3) is 3.97. The Kier molecular flexibility index (Phi) is 3.99. The molecule has 1 aromatic carbocycles. The summed E-state index contributed by atoms with van der Waals surface area (Å²) in [7, 11) is -3.20. The Hall–Kier alpha value is -1.44. The summed E-state index contributed by atoms with van der Waals surface area (Å²) in [5.74, 6) is 4.58. The molecule has 0 radical (unpaired) electrons. The van der Waals surface area contributed by atoms with Crippen molar-refractivity contribution in [2.45, 2.75) is 6.54 Å². The van der Waals surface area contributed by atoms with Crippen LogP contribution in [0.4, 0.5) is 0 Å². The van der Waals surface area contributed by atoms with Crippen molar-refractivity contribution in [1.82, 2.24) is 10.1 Å². The molecule has 0 bridgehead atoms. The summed E-state index contributed by atoms with van der Waals surface area (Å²) in [6, 6.07) is 6.45. The lowest BCUT2D eigenvalue weighted by atomic mass is 10.1. The van der Waals surface area contributed by atoms with Crippen molar-refractivity contribution in [3.05, 3.63) is 35.4 Å². The molecule has 4 N–H and O–H groups in total. The van der Waals surface area contributed by atoms with Crippen LogP contribution < -0.4 is 16.0 Å². The molecule has 0 unspecified atom stereocenters. The van der Waals surface area contributed by atoms with Crippen LogP contribution in [0.15, 0.2) is 24.3 Å². The number of nitrogens with one attached hydrogen (secondary N) is 2. The zero-order chi connectivity index (χ0) is 12.2. The van der Waals surface area contributed by atoms with E-state index in [1.54, 1.807) is 24.3 Å². The number of hydrogen-bond donors (Lipinski definition) is 3. The molecule has 0 saturated heterocycles. The maximum atomic E-state index is 11.1. The Balaban J connectivity index is 2.69. The van der Waals surface area contributed by atoms with Gasteiger partial charge in [0.25, 0.3) is 5.91 Å². The molecule has 6 nitrogen and oxygen atoms in total. The SMILES string of the molecule is CS(=O)(=O)NCc1ccc(C(=O)NN)cc1. The summed E-state index contributed by atoms with van der Waals surface area (Å²) in [6.45, 7) is 0.198. The highest BCUT2D eigenvalue weighted by Gasteiger charge is 2.04. The number of carbonyl (C=O) groups excluding carboxylic acids is 1. The van der Waals surface area contributed by atoms with Gasteiger partial charge in [-0.05, 0) is 17.7 Å². The zero-order valence-electron chi connectivity index (χ0n) is 8.73. The minimum absolute atomic E-state index is 0.198. The van der Waals surface area contributed by atoms with Gasteiger partial charge in [-0.3, -0.25) is 10.2 Å². The topological polar surface area (TPSA) is 101 Å². The minimum atomic E-state index is -3.20. The Bertz CT molecular complexity index is 467. The van der Waals surface area contributed by atoms with E-state index in [0.29, 0.717) is 5.56 Å². The van der Waals surface area contributed by atoms with Crippen molar-refractivity contribution >= 4 is 15.9 Å². The normalized spacial score (nSPS) is 11.1. The highest BCUT2D eigenvalue weighted by molar-refractivity contribution is 7.88. The van der Waals surface area contributed by atoms with E-state index >= 15 is 0 Å². The Morgan fingerprint density at radius 2 is 1.88 bits per heavy atom. The van der Waals surface area contributed by atoms with Crippen LogP contribution in [-0.2, 0) is 16.6 Å². The average Bonchev–Trinajstić information content (AvgIpc) is 2.25. The number of hydrazine groups is 1. The van der Waals surface area contributed by atoms with Crippen LogP contribution >= 0.6 is 0 Å². The molecule has 1 rings (SSSR count). The van der Waals surface area contributed by atoms with E-state index < -0.39 is 10.0 Å². The second kappa shape index (κ2) is 5.06. The number of amides is 1. The molecule has 0 atom stereocenters. The molecule has 0 fully saturated rings. The first-order valence-corrected chi connectivity index (χ1v) is 6.36. The zero-order valence-corrected chi connectivity index (χ0v) is 9.54. The van der Waals surface area contributed by atoms with Crippen LogP contribution in [0.1, 0.15) is 15.9 Å². The Labute approximate surface area is 93.9 Å². The molecular formula is C9H13N3O3S.